The lowest BCUT2D eigenvalue weighted by molar-refractivity contribution is 0.0310. The monoisotopic (exact) mass is 249 g/mol. The number of nitrogens with zero attached hydrogens (tertiary/aromatic N) is 2. The second-order valence-corrected chi connectivity index (χ2v) is 5.93. The molecular weight excluding hydrogens is 226 g/mol. The summed E-state index contributed by atoms with van der Waals surface area (Å²) in [7, 11) is 4.03. The Morgan fingerprint density at radius 3 is 3.00 bits per heavy atom. The molecule has 100 valence electrons. The summed E-state index contributed by atoms with van der Waals surface area (Å²) in [5.41, 5.74) is 1.45. The van der Waals surface area contributed by atoms with Crippen LogP contribution in [0.3, 0.4) is 0 Å². The van der Waals surface area contributed by atoms with E-state index >= 15 is 0 Å². The van der Waals surface area contributed by atoms with E-state index in [1.165, 1.54) is 18.5 Å². The molecule has 1 saturated heterocycles. The van der Waals surface area contributed by atoms with Gasteiger partial charge in [0.15, 0.2) is 0 Å². The maximum Gasteiger partial charge on any atom is 0.0676 e. The molecule has 1 N–H and O–H groups in total. The molecule has 2 atom stereocenters. The Labute approximate surface area is 109 Å². The Morgan fingerprint density at radius 2 is 2.39 bits per heavy atom. The van der Waals surface area contributed by atoms with Crippen molar-refractivity contribution >= 4 is 0 Å². The minimum atomic E-state index is 0.254. The van der Waals surface area contributed by atoms with E-state index in [1.54, 1.807) is 0 Å². The predicted octanol–water partition coefficient (Wildman–Crippen LogP) is 1.37. The summed E-state index contributed by atoms with van der Waals surface area (Å²) in [5.74, 6) is 0.796. The van der Waals surface area contributed by atoms with Gasteiger partial charge in [-0.1, -0.05) is 0 Å². The third-order valence-corrected chi connectivity index (χ3v) is 4.38. The molecule has 4 heteroatoms. The van der Waals surface area contributed by atoms with Crippen LogP contribution in [0.1, 0.15) is 25.0 Å². The van der Waals surface area contributed by atoms with Gasteiger partial charge in [-0.25, -0.2) is 0 Å². The van der Waals surface area contributed by atoms with E-state index in [2.05, 4.69) is 16.5 Å². The number of hydrogen-bond donors (Lipinski definition) is 1. The molecule has 0 spiro atoms. The number of ether oxygens (including phenoxy) is 1. The molecule has 0 bridgehead atoms. The first kappa shape index (κ1) is 12.2. The van der Waals surface area contributed by atoms with E-state index in [0.29, 0.717) is 6.10 Å². The lowest BCUT2D eigenvalue weighted by atomic mass is 9.75. The van der Waals surface area contributed by atoms with Gasteiger partial charge in [-0.05, 0) is 38.3 Å². The van der Waals surface area contributed by atoms with Crippen molar-refractivity contribution in [2.75, 3.05) is 20.2 Å². The van der Waals surface area contributed by atoms with Crippen LogP contribution >= 0.6 is 0 Å². The van der Waals surface area contributed by atoms with Gasteiger partial charge in [-0.3, -0.25) is 4.68 Å². The molecular formula is C14H23N3O. The SMILES string of the molecule is CNCC1(Cc2ccn(C)n2)CCOC1C1CC1. The average Bonchev–Trinajstić information content (AvgIpc) is 2.98. The molecule has 18 heavy (non-hydrogen) atoms. The summed E-state index contributed by atoms with van der Waals surface area (Å²) in [6.07, 6.45) is 7.36. The van der Waals surface area contributed by atoms with Crippen LogP contribution in [0.25, 0.3) is 0 Å². The van der Waals surface area contributed by atoms with E-state index in [1.807, 2.05) is 25.0 Å². The maximum absolute atomic E-state index is 6.05. The molecule has 2 aliphatic rings. The molecule has 1 aliphatic carbocycles. The lowest BCUT2D eigenvalue weighted by Gasteiger charge is -2.33. The fourth-order valence-electron chi connectivity index (χ4n) is 3.45. The van der Waals surface area contributed by atoms with Crippen molar-refractivity contribution in [2.24, 2.45) is 18.4 Å². The highest BCUT2D eigenvalue weighted by Crippen LogP contribution is 2.49. The van der Waals surface area contributed by atoms with E-state index < -0.39 is 0 Å². The van der Waals surface area contributed by atoms with Gasteiger partial charge in [0.05, 0.1) is 11.8 Å². The van der Waals surface area contributed by atoms with Crippen LogP contribution in [-0.4, -0.2) is 36.1 Å². The molecule has 3 rings (SSSR count). The van der Waals surface area contributed by atoms with Crippen molar-refractivity contribution in [1.82, 2.24) is 15.1 Å². The van der Waals surface area contributed by atoms with E-state index in [0.717, 1.165) is 31.9 Å². The van der Waals surface area contributed by atoms with Crippen molar-refractivity contribution in [3.05, 3.63) is 18.0 Å². The smallest absolute Gasteiger partial charge is 0.0676 e. The molecule has 0 aromatic carbocycles. The molecule has 1 aromatic heterocycles. The first-order chi connectivity index (χ1) is 8.73. The number of rotatable bonds is 5. The predicted molar refractivity (Wildman–Crippen MR) is 70.4 cm³/mol. The summed E-state index contributed by atoms with van der Waals surface area (Å²) >= 11 is 0. The summed E-state index contributed by atoms with van der Waals surface area (Å²) in [6.45, 7) is 1.94. The first-order valence-corrected chi connectivity index (χ1v) is 6.98. The molecule has 0 amide bonds. The van der Waals surface area contributed by atoms with Crippen LogP contribution in [0.15, 0.2) is 12.3 Å². The van der Waals surface area contributed by atoms with Gasteiger partial charge in [-0.15, -0.1) is 0 Å². The summed E-state index contributed by atoms with van der Waals surface area (Å²) < 4.78 is 7.94. The normalized spacial score (nSPS) is 32.0. The van der Waals surface area contributed by atoms with Gasteiger partial charge >= 0.3 is 0 Å². The summed E-state index contributed by atoms with van der Waals surface area (Å²) in [5, 5.41) is 7.92. The van der Waals surface area contributed by atoms with Crippen molar-refractivity contribution < 1.29 is 4.74 Å². The summed E-state index contributed by atoms with van der Waals surface area (Å²) in [6, 6.07) is 2.14. The fraction of sp³-hybridized carbons (Fsp3) is 0.786. The molecule has 2 fully saturated rings. The zero-order valence-corrected chi connectivity index (χ0v) is 11.4. The van der Waals surface area contributed by atoms with Crippen LogP contribution < -0.4 is 5.32 Å². The Bertz CT molecular complexity index is 413. The van der Waals surface area contributed by atoms with Gasteiger partial charge < -0.3 is 10.1 Å². The third kappa shape index (κ3) is 2.19. The fourth-order valence-corrected chi connectivity index (χ4v) is 3.45. The lowest BCUT2D eigenvalue weighted by Crippen LogP contribution is -2.42. The van der Waals surface area contributed by atoms with Crippen LogP contribution in [0, 0.1) is 11.3 Å². The largest absolute Gasteiger partial charge is 0.377 e. The van der Waals surface area contributed by atoms with Crippen LogP contribution in [-0.2, 0) is 18.2 Å². The van der Waals surface area contributed by atoms with Gasteiger partial charge in [0.25, 0.3) is 0 Å². The standard InChI is InChI=1S/C14H23N3O/c1-15-10-14(9-12-5-7-17(2)16-12)6-8-18-13(14)11-3-4-11/h5,7,11,13,15H,3-4,6,8-10H2,1-2H3. The summed E-state index contributed by atoms with van der Waals surface area (Å²) in [4.78, 5) is 0. The van der Waals surface area contributed by atoms with Crippen molar-refractivity contribution in [1.29, 1.82) is 0 Å². The Morgan fingerprint density at radius 1 is 1.56 bits per heavy atom. The van der Waals surface area contributed by atoms with Crippen molar-refractivity contribution in [3.8, 4) is 0 Å². The van der Waals surface area contributed by atoms with E-state index in [9.17, 15) is 0 Å². The molecule has 1 aromatic rings. The third-order valence-electron chi connectivity index (χ3n) is 4.38. The van der Waals surface area contributed by atoms with Crippen LogP contribution in [0.4, 0.5) is 0 Å². The van der Waals surface area contributed by atoms with E-state index in [4.69, 9.17) is 4.74 Å². The molecule has 4 nitrogen and oxygen atoms in total. The maximum atomic E-state index is 6.05. The molecule has 0 radical (unpaired) electrons. The molecule has 1 saturated carbocycles. The Balaban J connectivity index is 1.81. The minimum absolute atomic E-state index is 0.254. The van der Waals surface area contributed by atoms with Gasteiger partial charge in [-0.2, -0.15) is 5.10 Å². The first-order valence-electron chi connectivity index (χ1n) is 6.98. The van der Waals surface area contributed by atoms with E-state index in [-0.39, 0.29) is 5.41 Å². The number of aromatic nitrogens is 2. The number of aryl methyl sites for hydroxylation is 1. The zero-order chi connectivity index (χ0) is 12.6. The second kappa shape index (κ2) is 4.67. The van der Waals surface area contributed by atoms with Crippen molar-refractivity contribution in [3.63, 3.8) is 0 Å². The second-order valence-electron chi connectivity index (χ2n) is 5.93. The molecule has 1 aliphatic heterocycles. The highest BCUT2D eigenvalue weighted by molar-refractivity contribution is 5.09. The molecule has 2 unspecified atom stereocenters. The van der Waals surface area contributed by atoms with Crippen LogP contribution in [0.5, 0.6) is 0 Å². The van der Waals surface area contributed by atoms with Crippen molar-refractivity contribution in [2.45, 2.75) is 31.8 Å². The highest BCUT2D eigenvalue weighted by Gasteiger charge is 2.50. The number of hydrogen-bond acceptors (Lipinski definition) is 3. The minimum Gasteiger partial charge on any atom is -0.377 e. The number of nitrogens with one attached hydrogen (secondary N) is 1. The van der Waals surface area contributed by atoms with Crippen LogP contribution in [0.2, 0.25) is 0 Å². The highest BCUT2D eigenvalue weighted by atomic mass is 16.5. The Hall–Kier alpha value is -0.870. The topological polar surface area (TPSA) is 39.1 Å². The molecule has 2 heterocycles. The van der Waals surface area contributed by atoms with Gasteiger partial charge in [0, 0.05) is 38.2 Å². The zero-order valence-electron chi connectivity index (χ0n) is 11.4. The average molecular weight is 249 g/mol. The van der Waals surface area contributed by atoms with Gasteiger partial charge in [0.1, 0.15) is 0 Å². The Kier molecular flexibility index (Phi) is 3.16. The quantitative estimate of drug-likeness (QED) is 0.856. The van der Waals surface area contributed by atoms with Gasteiger partial charge in [0.2, 0.25) is 0 Å².